The second-order valence-electron chi connectivity index (χ2n) is 4.59. The lowest BCUT2D eigenvalue weighted by molar-refractivity contribution is -0.137. The van der Waals surface area contributed by atoms with Crippen LogP contribution in [0.2, 0.25) is 0 Å². The zero-order valence-corrected chi connectivity index (χ0v) is 11.6. The van der Waals surface area contributed by atoms with E-state index in [0.717, 1.165) is 28.0 Å². The quantitative estimate of drug-likeness (QED) is 0.742. The molecule has 2 aromatic carbocycles. The highest BCUT2D eigenvalue weighted by molar-refractivity contribution is 7.16. The molecule has 0 fully saturated rings. The van der Waals surface area contributed by atoms with Crippen LogP contribution in [0.25, 0.3) is 10.2 Å². The molecule has 3 aromatic rings. The van der Waals surface area contributed by atoms with Crippen LogP contribution in [-0.2, 0) is 12.7 Å². The summed E-state index contributed by atoms with van der Waals surface area (Å²) in [6, 6.07) is 11.0. The summed E-state index contributed by atoms with van der Waals surface area (Å²) in [5, 5.41) is 3.13. The van der Waals surface area contributed by atoms with Crippen LogP contribution < -0.4 is 5.32 Å². The van der Waals surface area contributed by atoms with Crippen LogP contribution in [0.5, 0.6) is 0 Å². The van der Waals surface area contributed by atoms with Gasteiger partial charge in [0.15, 0.2) is 0 Å². The number of benzene rings is 2. The van der Waals surface area contributed by atoms with E-state index >= 15 is 0 Å². The van der Waals surface area contributed by atoms with Crippen LogP contribution in [0.15, 0.2) is 48.0 Å². The maximum Gasteiger partial charge on any atom is 0.416 e. The van der Waals surface area contributed by atoms with Crippen molar-refractivity contribution in [1.82, 2.24) is 4.98 Å². The van der Waals surface area contributed by atoms with Gasteiger partial charge in [0.25, 0.3) is 0 Å². The van der Waals surface area contributed by atoms with E-state index in [0.29, 0.717) is 12.1 Å². The minimum atomic E-state index is -4.31. The minimum absolute atomic E-state index is 0.341. The number of hydrogen-bond donors (Lipinski definition) is 1. The lowest BCUT2D eigenvalue weighted by Crippen LogP contribution is -2.06. The Bertz CT molecular complexity index is 765. The minimum Gasteiger partial charge on any atom is -0.381 e. The number of nitrogens with one attached hydrogen (secondary N) is 1. The lowest BCUT2D eigenvalue weighted by atomic mass is 10.1. The van der Waals surface area contributed by atoms with Crippen molar-refractivity contribution in [1.29, 1.82) is 0 Å². The predicted octanol–water partition coefficient (Wildman–Crippen LogP) is 4.93. The van der Waals surface area contributed by atoms with Gasteiger partial charge in [-0.15, -0.1) is 11.3 Å². The first-order valence-corrected chi connectivity index (χ1v) is 7.13. The number of rotatable bonds is 3. The second kappa shape index (κ2) is 5.37. The molecule has 0 saturated carbocycles. The molecule has 3 rings (SSSR count). The van der Waals surface area contributed by atoms with Gasteiger partial charge >= 0.3 is 6.18 Å². The first-order valence-electron chi connectivity index (χ1n) is 6.26. The van der Waals surface area contributed by atoms with Crippen LogP contribution in [0.3, 0.4) is 0 Å². The molecule has 108 valence electrons. The summed E-state index contributed by atoms with van der Waals surface area (Å²) in [5.74, 6) is 0. The molecule has 1 aromatic heterocycles. The summed E-state index contributed by atoms with van der Waals surface area (Å²) in [5.41, 5.74) is 3.52. The Morgan fingerprint density at radius 2 is 1.95 bits per heavy atom. The summed E-state index contributed by atoms with van der Waals surface area (Å²) < 4.78 is 39.0. The van der Waals surface area contributed by atoms with E-state index in [4.69, 9.17) is 0 Å². The zero-order valence-electron chi connectivity index (χ0n) is 10.8. The van der Waals surface area contributed by atoms with Gasteiger partial charge in [-0.25, -0.2) is 4.98 Å². The van der Waals surface area contributed by atoms with Gasteiger partial charge in [-0.1, -0.05) is 12.1 Å². The van der Waals surface area contributed by atoms with Crippen LogP contribution >= 0.6 is 11.3 Å². The summed E-state index contributed by atoms with van der Waals surface area (Å²) >= 11 is 1.53. The van der Waals surface area contributed by atoms with Gasteiger partial charge in [-0.3, -0.25) is 0 Å². The van der Waals surface area contributed by atoms with E-state index < -0.39 is 11.7 Å². The van der Waals surface area contributed by atoms with Crippen molar-refractivity contribution < 1.29 is 13.2 Å². The molecule has 0 atom stereocenters. The summed E-state index contributed by atoms with van der Waals surface area (Å²) in [7, 11) is 0. The maximum absolute atomic E-state index is 12.6. The van der Waals surface area contributed by atoms with Gasteiger partial charge < -0.3 is 5.32 Å². The van der Waals surface area contributed by atoms with Crippen molar-refractivity contribution in [2.45, 2.75) is 12.7 Å². The van der Waals surface area contributed by atoms with Crippen molar-refractivity contribution in [2.24, 2.45) is 0 Å². The van der Waals surface area contributed by atoms with E-state index in [9.17, 15) is 13.2 Å². The standard InChI is InChI=1S/C15H11F3N2S/c16-15(17,18)11-3-1-2-10(6-11)8-19-12-4-5-13-14(7-12)21-9-20-13/h1-7,9,19H,8H2. The van der Waals surface area contributed by atoms with Crippen molar-refractivity contribution in [2.75, 3.05) is 5.32 Å². The first kappa shape index (κ1) is 13.9. The Hall–Kier alpha value is -2.08. The average molecular weight is 308 g/mol. The summed E-state index contributed by atoms with van der Waals surface area (Å²) in [4.78, 5) is 4.18. The molecular formula is C15H11F3N2S. The topological polar surface area (TPSA) is 24.9 Å². The number of anilines is 1. The van der Waals surface area contributed by atoms with Gasteiger partial charge in [0.05, 0.1) is 21.3 Å². The Kier molecular flexibility index (Phi) is 3.55. The number of hydrogen-bond acceptors (Lipinski definition) is 3. The Morgan fingerprint density at radius 1 is 1.10 bits per heavy atom. The molecule has 2 nitrogen and oxygen atoms in total. The maximum atomic E-state index is 12.6. The van der Waals surface area contributed by atoms with Crippen LogP contribution in [0.4, 0.5) is 18.9 Å². The van der Waals surface area contributed by atoms with Gasteiger partial charge in [-0.2, -0.15) is 13.2 Å². The van der Waals surface area contributed by atoms with Gasteiger partial charge in [-0.05, 0) is 35.9 Å². The first-order chi connectivity index (χ1) is 10.0. The third-order valence-electron chi connectivity index (χ3n) is 3.08. The Morgan fingerprint density at radius 3 is 2.76 bits per heavy atom. The van der Waals surface area contributed by atoms with Gasteiger partial charge in [0.1, 0.15) is 0 Å². The molecule has 0 spiro atoms. The van der Waals surface area contributed by atoms with Crippen molar-refractivity contribution >= 4 is 27.2 Å². The van der Waals surface area contributed by atoms with Crippen molar-refractivity contribution in [3.63, 3.8) is 0 Å². The van der Waals surface area contributed by atoms with Crippen LogP contribution in [-0.4, -0.2) is 4.98 Å². The second-order valence-corrected chi connectivity index (χ2v) is 5.47. The highest BCUT2D eigenvalue weighted by Gasteiger charge is 2.30. The third kappa shape index (κ3) is 3.16. The molecule has 0 saturated heterocycles. The number of aromatic nitrogens is 1. The molecule has 1 N–H and O–H groups in total. The fourth-order valence-corrected chi connectivity index (χ4v) is 2.74. The molecule has 0 amide bonds. The number of nitrogens with zero attached hydrogens (tertiary/aromatic N) is 1. The van der Waals surface area contributed by atoms with Crippen molar-refractivity contribution in [3.8, 4) is 0 Å². The SMILES string of the molecule is FC(F)(F)c1cccc(CNc2ccc3ncsc3c2)c1. The number of alkyl halides is 3. The number of fused-ring (bicyclic) bond motifs is 1. The third-order valence-corrected chi connectivity index (χ3v) is 3.87. The Balaban J connectivity index is 1.75. The highest BCUT2D eigenvalue weighted by atomic mass is 32.1. The average Bonchev–Trinajstić information content (AvgIpc) is 2.92. The summed E-state index contributed by atoms with van der Waals surface area (Å²) in [6.45, 7) is 0.341. The predicted molar refractivity (Wildman–Crippen MR) is 78.4 cm³/mol. The molecule has 21 heavy (non-hydrogen) atoms. The lowest BCUT2D eigenvalue weighted by Gasteiger charge is -2.10. The molecule has 1 heterocycles. The van der Waals surface area contributed by atoms with Crippen LogP contribution in [0, 0.1) is 0 Å². The fourth-order valence-electron chi connectivity index (χ4n) is 2.03. The van der Waals surface area contributed by atoms with E-state index in [1.165, 1.54) is 17.4 Å². The number of thiazole rings is 1. The molecular weight excluding hydrogens is 297 g/mol. The molecule has 0 aliphatic carbocycles. The Labute approximate surface area is 123 Å². The molecule has 0 bridgehead atoms. The molecule has 0 aliphatic heterocycles. The van der Waals surface area contributed by atoms with E-state index in [-0.39, 0.29) is 0 Å². The van der Waals surface area contributed by atoms with E-state index in [1.807, 2.05) is 18.2 Å². The smallest absolute Gasteiger partial charge is 0.381 e. The largest absolute Gasteiger partial charge is 0.416 e. The normalized spacial score (nSPS) is 11.8. The molecule has 6 heteroatoms. The van der Waals surface area contributed by atoms with E-state index in [1.54, 1.807) is 11.6 Å². The summed E-state index contributed by atoms with van der Waals surface area (Å²) in [6.07, 6.45) is -4.31. The molecule has 0 radical (unpaired) electrons. The molecule has 0 aliphatic rings. The van der Waals surface area contributed by atoms with Crippen molar-refractivity contribution in [3.05, 3.63) is 59.1 Å². The fraction of sp³-hybridized carbons (Fsp3) is 0.133. The molecule has 0 unspecified atom stereocenters. The van der Waals surface area contributed by atoms with Crippen LogP contribution in [0.1, 0.15) is 11.1 Å². The van der Waals surface area contributed by atoms with Gasteiger partial charge in [0, 0.05) is 12.2 Å². The highest BCUT2D eigenvalue weighted by Crippen LogP contribution is 2.29. The van der Waals surface area contributed by atoms with Gasteiger partial charge in [0.2, 0.25) is 0 Å². The monoisotopic (exact) mass is 308 g/mol. The van der Waals surface area contributed by atoms with E-state index in [2.05, 4.69) is 10.3 Å². The zero-order chi connectivity index (χ0) is 14.9. The number of halogens is 3.